The van der Waals surface area contributed by atoms with Gasteiger partial charge in [0.05, 0.1) is 12.0 Å². The van der Waals surface area contributed by atoms with E-state index in [9.17, 15) is 18.0 Å². The number of hydrogen-bond acceptors (Lipinski definition) is 2. The van der Waals surface area contributed by atoms with E-state index in [4.69, 9.17) is 0 Å². The molecule has 7 heteroatoms. The molecule has 0 spiro atoms. The van der Waals surface area contributed by atoms with Gasteiger partial charge in [0.15, 0.2) is 0 Å². The molecule has 0 aromatic heterocycles. The molecule has 1 N–H and O–H groups in total. The number of rotatable bonds is 2. The number of nitrogens with one attached hydrogen (secondary N) is 1. The summed E-state index contributed by atoms with van der Waals surface area (Å²) in [5.41, 5.74) is -0.649. The Kier molecular flexibility index (Phi) is 5.02. The first-order valence-electron chi connectivity index (χ1n) is 7.09. The summed E-state index contributed by atoms with van der Waals surface area (Å²) < 4.78 is 38.8. The minimum absolute atomic E-state index is 0. The summed E-state index contributed by atoms with van der Waals surface area (Å²) >= 11 is 0. The Bertz CT molecular complexity index is 538. The van der Waals surface area contributed by atoms with Crippen molar-refractivity contribution in [3.05, 3.63) is 35.4 Å². The smallest absolute Gasteiger partial charge is 0.342 e. The molecule has 2 saturated heterocycles. The van der Waals surface area contributed by atoms with Crippen LogP contribution in [-0.2, 0) is 17.4 Å². The summed E-state index contributed by atoms with van der Waals surface area (Å²) in [6.07, 6.45) is -4.59. The Morgan fingerprint density at radius 3 is 2.36 bits per heavy atom. The second-order valence-corrected chi connectivity index (χ2v) is 5.81. The first-order valence-corrected chi connectivity index (χ1v) is 7.09. The molecular weight excluding hydrogens is 317 g/mol. The van der Waals surface area contributed by atoms with Gasteiger partial charge in [-0.25, -0.2) is 0 Å². The molecular formula is C15H18ClF3N2O. The SMILES string of the molecule is Cl.O=C(Cc1ccccc1C(F)(F)F)N1C[C@H]2CNC[C@H]2C1. The van der Waals surface area contributed by atoms with E-state index in [0.717, 1.165) is 19.2 Å². The second-order valence-electron chi connectivity index (χ2n) is 5.81. The van der Waals surface area contributed by atoms with E-state index in [-0.39, 0.29) is 30.3 Å². The first-order chi connectivity index (χ1) is 9.95. The normalized spacial score (nSPS) is 24.0. The van der Waals surface area contributed by atoms with E-state index in [1.807, 2.05) is 0 Å². The van der Waals surface area contributed by atoms with Crippen molar-refractivity contribution in [3.8, 4) is 0 Å². The maximum Gasteiger partial charge on any atom is 0.416 e. The molecule has 2 heterocycles. The highest BCUT2D eigenvalue weighted by atomic mass is 35.5. The molecule has 1 aromatic rings. The average molecular weight is 335 g/mol. The number of carbonyl (C=O) groups excluding carboxylic acids is 1. The average Bonchev–Trinajstić information content (AvgIpc) is 2.98. The third-order valence-electron chi connectivity index (χ3n) is 4.41. The van der Waals surface area contributed by atoms with Crippen molar-refractivity contribution in [2.45, 2.75) is 12.6 Å². The zero-order valence-corrected chi connectivity index (χ0v) is 12.7. The fraction of sp³-hybridized carbons (Fsp3) is 0.533. The summed E-state index contributed by atoms with van der Waals surface area (Å²) in [7, 11) is 0. The molecule has 2 aliphatic heterocycles. The van der Waals surface area contributed by atoms with Crippen LogP contribution in [-0.4, -0.2) is 37.0 Å². The van der Waals surface area contributed by atoms with Crippen molar-refractivity contribution in [3.63, 3.8) is 0 Å². The number of hydrogen-bond donors (Lipinski definition) is 1. The van der Waals surface area contributed by atoms with Crippen LogP contribution in [0.3, 0.4) is 0 Å². The van der Waals surface area contributed by atoms with Crippen molar-refractivity contribution >= 4 is 18.3 Å². The van der Waals surface area contributed by atoms with Crippen molar-refractivity contribution < 1.29 is 18.0 Å². The number of nitrogens with zero attached hydrogens (tertiary/aromatic N) is 1. The van der Waals surface area contributed by atoms with Crippen LogP contribution in [0.4, 0.5) is 13.2 Å². The largest absolute Gasteiger partial charge is 0.416 e. The number of likely N-dealkylation sites (tertiary alicyclic amines) is 1. The lowest BCUT2D eigenvalue weighted by Gasteiger charge is -2.19. The van der Waals surface area contributed by atoms with Gasteiger partial charge in [0, 0.05) is 26.2 Å². The topological polar surface area (TPSA) is 32.3 Å². The van der Waals surface area contributed by atoms with E-state index in [1.165, 1.54) is 12.1 Å². The highest BCUT2D eigenvalue weighted by Crippen LogP contribution is 2.33. The van der Waals surface area contributed by atoms with Crippen LogP contribution in [0.15, 0.2) is 24.3 Å². The van der Waals surface area contributed by atoms with Gasteiger partial charge in [-0.1, -0.05) is 18.2 Å². The van der Waals surface area contributed by atoms with Gasteiger partial charge in [-0.2, -0.15) is 13.2 Å². The maximum atomic E-state index is 12.9. The fourth-order valence-corrected chi connectivity index (χ4v) is 3.28. The van der Waals surface area contributed by atoms with E-state index >= 15 is 0 Å². The lowest BCUT2D eigenvalue weighted by molar-refractivity contribution is -0.138. The summed E-state index contributed by atoms with van der Waals surface area (Å²) in [5.74, 6) is 0.694. The minimum Gasteiger partial charge on any atom is -0.342 e. The summed E-state index contributed by atoms with van der Waals surface area (Å²) in [6.45, 7) is 3.11. The van der Waals surface area contributed by atoms with Crippen LogP contribution < -0.4 is 5.32 Å². The summed E-state index contributed by atoms with van der Waals surface area (Å²) in [6, 6.07) is 5.31. The van der Waals surface area contributed by atoms with Gasteiger partial charge < -0.3 is 10.2 Å². The Morgan fingerprint density at radius 2 is 1.77 bits per heavy atom. The summed E-state index contributed by atoms with van der Waals surface area (Å²) in [5, 5.41) is 3.28. The van der Waals surface area contributed by atoms with Crippen LogP contribution in [0.1, 0.15) is 11.1 Å². The first kappa shape index (κ1) is 17.1. The predicted octanol–water partition coefficient (Wildman–Crippen LogP) is 2.35. The minimum atomic E-state index is -4.41. The lowest BCUT2D eigenvalue weighted by Crippen LogP contribution is -2.33. The number of amides is 1. The van der Waals surface area contributed by atoms with E-state index in [2.05, 4.69) is 5.32 Å². The molecule has 2 fully saturated rings. The highest BCUT2D eigenvalue weighted by molar-refractivity contribution is 5.85. The van der Waals surface area contributed by atoms with Gasteiger partial charge in [-0.05, 0) is 23.5 Å². The molecule has 1 amide bonds. The molecule has 2 atom stereocenters. The molecule has 0 aliphatic carbocycles. The number of alkyl halides is 3. The highest BCUT2D eigenvalue weighted by Gasteiger charge is 2.39. The standard InChI is InChI=1S/C15H17F3N2O.ClH/c16-15(17,18)13-4-2-1-3-10(13)5-14(21)20-8-11-6-19-7-12(11)9-20;/h1-4,11-12,19H,5-9H2;1H/t11-,12+;. The van der Waals surface area contributed by atoms with Gasteiger partial charge in [0.25, 0.3) is 0 Å². The molecule has 22 heavy (non-hydrogen) atoms. The van der Waals surface area contributed by atoms with Gasteiger partial charge in [-0.3, -0.25) is 4.79 Å². The molecule has 0 radical (unpaired) electrons. The Hall–Kier alpha value is -1.27. The third-order valence-corrected chi connectivity index (χ3v) is 4.41. The summed E-state index contributed by atoms with van der Waals surface area (Å²) in [4.78, 5) is 14.0. The predicted molar refractivity (Wildman–Crippen MR) is 78.8 cm³/mol. The second kappa shape index (κ2) is 6.46. The van der Waals surface area contributed by atoms with Crippen molar-refractivity contribution in [2.24, 2.45) is 11.8 Å². The van der Waals surface area contributed by atoms with E-state index in [1.54, 1.807) is 11.0 Å². The van der Waals surface area contributed by atoms with Crippen LogP contribution >= 0.6 is 12.4 Å². The van der Waals surface area contributed by atoms with Crippen molar-refractivity contribution in [1.82, 2.24) is 10.2 Å². The zero-order chi connectivity index (χ0) is 15.0. The number of halogens is 4. The van der Waals surface area contributed by atoms with Crippen LogP contribution in [0.5, 0.6) is 0 Å². The van der Waals surface area contributed by atoms with Crippen molar-refractivity contribution in [2.75, 3.05) is 26.2 Å². The molecule has 2 aliphatic rings. The number of benzene rings is 1. The third kappa shape index (κ3) is 3.38. The number of carbonyl (C=O) groups is 1. The molecule has 0 saturated carbocycles. The van der Waals surface area contributed by atoms with Gasteiger partial charge in [0.1, 0.15) is 0 Å². The Balaban J connectivity index is 0.00000176. The monoisotopic (exact) mass is 334 g/mol. The molecule has 0 bridgehead atoms. The van der Waals surface area contributed by atoms with Crippen molar-refractivity contribution in [1.29, 1.82) is 0 Å². The maximum absolute atomic E-state index is 12.9. The van der Waals surface area contributed by atoms with Crippen LogP contribution in [0.2, 0.25) is 0 Å². The van der Waals surface area contributed by atoms with Gasteiger partial charge in [-0.15, -0.1) is 12.4 Å². The lowest BCUT2D eigenvalue weighted by atomic mass is 10.0. The molecule has 122 valence electrons. The van der Waals surface area contributed by atoms with Gasteiger partial charge in [0.2, 0.25) is 5.91 Å². The molecule has 0 unspecified atom stereocenters. The molecule has 3 rings (SSSR count). The van der Waals surface area contributed by atoms with Crippen LogP contribution in [0.25, 0.3) is 0 Å². The van der Waals surface area contributed by atoms with Crippen LogP contribution in [0, 0.1) is 11.8 Å². The zero-order valence-electron chi connectivity index (χ0n) is 11.9. The fourth-order valence-electron chi connectivity index (χ4n) is 3.28. The number of fused-ring (bicyclic) bond motifs is 1. The van der Waals surface area contributed by atoms with E-state index < -0.39 is 11.7 Å². The Morgan fingerprint density at radius 1 is 1.18 bits per heavy atom. The van der Waals surface area contributed by atoms with Gasteiger partial charge >= 0.3 is 6.18 Å². The molecule has 1 aromatic carbocycles. The molecule has 3 nitrogen and oxygen atoms in total. The Labute approximate surface area is 133 Å². The quantitative estimate of drug-likeness (QED) is 0.900. The van der Waals surface area contributed by atoms with E-state index in [0.29, 0.717) is 24.9 Å².